The van der Waals surface area contributed by atoms with Gasteiger partial charge in [-0.25, -0.2) is 9.50 Å². The van der Waals surface area contributed by atoms with Crippen LogP contribution in [0.4, 0.5) is 5.13 Å². The number of nitrogens with zero attached hydrogens (tertiary/aromatic N) is 3. The van der Waals surface area contributed by atoms with Crippen LogP contribution in [0.25, 0.3) is 16.2 Å². The van der Waals surface area contributed by atoms with Gasteiger partial charge in [-0.05, 0) is 17.7 Å². The first-order valence-electron chi connectivity index (χ1n) is 8.30. The first-order chi connectivity index (χ1) is 12.8. The minimum atomic E-state index is -0.0109. The number of hydrogen-bond donors (Lipinski definition) is 2. The van der Waals surface area contributed by atoms with Gasteiger partial charge in [0.2, 0.25) is 10.1 Å². The Bertz CT molecular complexity index is 966. The van der Waals surface area contributed by atoms with Gasteiger partial charge in [0.15, 0.2) is 0 Å². The number of hydrogen-bond acceptors (Lipinski definition) is 6. The van der Waals surface area contributed by atoms with Crippen molar-refractivity contribution in [2.75, 3.05) is 18.5 Å². The van der Waals surface area contributed by atoms with Crippen molar-refractivity contribution in [3.05, 3.63) is 66.4 Å². The third kappa shape index (κ3) is 3.54. The SMILES string of the molecule is OCc1ccccc1-c1cn2nc(NCCOc3ccccc3)sc2n1. The predicted octanol–water partition coefficient (Wildman–Crippen LogP) is 3.44. The van der Waals surface area contributed by atoms with Crippen LogP contribution in [0.5, 0.6) is 5.75 Å². The number of ether oxygens (including phenoxy) is 1. The Morgan fingerprint density at radius 2 is 1.88 bits per heavy atom. The topological polar surface area (TPSA) is 71.7 Å². The Labute approximate surface area is 154 Å². The Morgan fingerprint density at radius 3 is 2.69 bits per heavy atom. The van der Waals surface area contributed by atoms with Crippen LogP contribution in [0, 0.1) is 0 Å². The second-order valence-corrected chi connectivity index (χ2v) is 6.62. The van der Waals surface area contributed by atoms with Gasteiger partial charge in [0.05, 0.1) is 25.0 Å². The fourth-order valence-electron chi connectivity index (χ4n) is 2.65. The zero-order valence-corrected chi connectivity index (χ0v) is 14.8. The van der Waals surface area contributed by atoms with Crippen molar-refractivity contribution in [1.82, 2.24) is 14.6 Å². The molecule has 0 aliphatic rings. The summed E-state index contributed by atoms with van der Waals surface area (Å²) in [5.41, 5.74) is 2.60. The number of fused-ring (bicyclic) bond motifs is 1. The van der Waals surface area contributed by atoms with Crippen LogP contribution < -0.4 is 10.1 Å². The van der Waals surface area contributed by atoms with Crippen molar-refractivity contribution < 1.29 is 9.84 Å². The highest BCUT2D eigenvalue weighted by Crippen LogP contribution is 2.26. The lowest BCUT2D eigenvalue weighted by atomic mass is 10.1. The van der Waals surface area contributed by atoms with Crippen LogP contribution in [0.15, 0.2) is 60.8 Å². The molecule has 6 nitrogen and oxygen atoms in total. The van der Waals surface area contributed by atoms with Crippen molar-refractivity contribution in [1.29, 1.82) is 0 Å². The van der Waals surface area contributed by atoms with Crippen LogP contribution in [0.3, 0.4) is 0 Å². The number of aromatic nitrogens is 3. The smallest absolute Gasteiger partial charge is 0.214 e. The summed E-state index contributed by atoms with van der Waals surface area (Å²) in [5, 5.41) is 18.0. The van der Waals surface area contributed by atoms with Gasteiger partial charge in [0, 0.05) is 5.56 Å². The zero-order valence-electron chi connectivity index (χ0n) is 14.0. The summed E-state index contributed by atoms with van der Waals surface area (Å²) in [5.74, 6) is 0.857. The van der Waals surface area contributed by atoms with Crippen LogP contribution >= 0.6 is 11.3 Å². The molecule has 2 aromatic heterocycles. The third-order valence-electron chi connectivity index (χ3n) is 3.90. The molecule has 0 fully saturated rings. The van der Waals surface area contributed by atoms with Gasteiger partial charge in [-0.1, -0.05) is 53.8 Å². The fraction of sp³-hybridized carbons (Fsp3) is 0.158. The van der Waals surface area contributed by atoms with Gasteiger partial charge in [-0.15, -0.1) is 5.10 Å². The standard InChI is InChI=1S/C19H18N4O2S/c24-13-14-6-4-5-9-16(14)17-12-23-19(21-17)26-18(22-23)20-10-11-25-15-7-2-1-3-8-15/h1-9,12,24H,10-11,13H2,(H,20,22). The van der Waals surface area contributed by atoms with Gasteiger partial charge in [-0.2, -0.15) is 0 Å². The summed E-state index contributed by atoms with van der Waals surface area (Å²) in [7, 11) is 0. The van der Waals surface area contributed by atoms with E-state index >= 15 is 0 Å². The molecule has 2 heterocycles. The summed E-state index contributed by atoms with van der Waals surface area (Å²) in [6, 6.07) is 17.4. The number of anilines is 1. The molecule has 2 N–H and O–H groups in total. The molecule has 0 aliphatic carbocycles. The summed E-state index contributed by atoms with van der Waals surface area (Å²) in [4.78, 5) is 5.43. The number of imidazole rings is 1. The second kappa shape index (κ2) is 7.55. The minimum absolute atomic E-state index is 0.0109. The van der Waals surface area contributed by atoms with Crippen molar-refractivity contribution in [3.8, 4) is 17.0 Å². The average molecular weight is 366 g/mol. The first kappa shape index (κ1) is 16.6. The van der Waals surface area contributed by atoms with E-state index in [-0.39, 0.29) is 6.61 Å². The van der Waals surface area contributed by atoms with Gasteiger partial charge >= 0.3 is 0 Å². The molecule has 26 heavy (non-hydrogen) atoms. The number of para-hydroxylation sites is 1. The number of aliphatic hydroxyl groups excluding tert-OH is 1. The van der Waals surface area contributed by atoms with E-state index < -0.39 is 0 Å². The average Bonchev–Trinajstić information content (AvgIpc) is 3.25. The molecule has 0 amide bonds. The number of benzene rings is 2. The van der Waals surface area contributed by atoms with E-state index in [1.54, 1.807) is 4.52 Å². The molecule has 0 saturated carbocycles. The lowest BCUT2D eigenvalue weighted by Gasteiger charge is -2.05. The fourth-order valence-corrected chi connectivity index (χ4v) is 3.46. The van der Waals surface area contributed by atoms with E-state index in [9.17, 15) is 5.11 Å². The van der Waals surface area contributed by atoms with Crippen LogP contribution in [-0.4, -0.2) is 32.9 Å². The lowest BCUT2D eigenvalue weighted by Crippen LogP contribution is -2.11. The summed E-state index contributed by atoms with van der Waals surface area (Å²) in [6.45, 7) is 1.20. The van der Waals surface area contributed by atoms with Crippen molar-refractivity contribution >= 4 is 21.4 Å². The molecule has 2 aromatic carbocycles. The highest BCUT2D eigenvalue weighted by atomic mass is 32.1. The number of rotatable bonds is 7. The van der Waals surface area contributed by atoms with Gasteiger partial charge in [0.25, 0.3) is 0 Å². The van der Waals surface area contributed by atoms with Crippen molar-refractivity contribution in [2.45, 2.75) is 6.61 Å². The normalized spacial score (nSPS) is 11.0. The largest absolute Gasteiger partial charge is 0.492 e. The van der Waals surface area contributed by atoms with E-state index in [0.717, 1.165) is 32.7 Å². The molecule has 4 aromatic rings. The molecule has 0 aliphatic heterocycles. The van der Waals surface area contributed by atoms with E-state index in [1.165, 1.54) is 11.3 Å². The Kier molecular flexibility index (Phi) is 4.81. The molecule has 0 saturated heterocycles. The molecule has 0 spiro atoms. The highest BCUT2D eigenvalue weighted by Gasteiger charge is 2.11. The van der Waals surface area contributed by atoms with Crippen molar-refractivity contribution in [3.63, 3.8) is 0 Å². The maximum Gasteiger partial charge on any atom is 0.214 e. The Hall–Kier alpha value is -2.90. The van der Waals surface area contributed by atoms with Crippen LogP contribution in [0.2, 0.25) is 0 Å². The van der Waals surface area contributed by atoms with Crippen molar-refractivity contribution in [2.24, 2.45) is 0 Å². The van der Waals surface area contributed by atoms with Crippen LogP contribution in [0.1, 0.15) is 5.56 Å². The van der Waals surface area contributed by atoms with E-state index in [0.29, 0.717) is 13.2 Å². The second-order valence-electron chi connectivity index (χ2n) is 5.66. The van der Waals surface area contributed by atoms with E-state index in [2.05, 4.69) is 15.4 Å². The molecule has 4 rings (SSSR count). The Morgan fingerprint density at radius 1 is 1.08 bits per heavy atom. The zero-order chi connectivity index (χ0) is 17.8. The molecule has 0 unspecified atom stereocenters. The monoisotopic (exact) mass is 366 g/mol. The molecule has 132 valence electrons. The predicted molar refractivity (Wildman–Crippen MR) is 103 cm³/mol. The van der Waals surface area contributed by atoms with E-state index in [4.69, 9.17) is 4.74 Å². The lowest BCUT2D eigenvalue weighted by molar-refractivity contribution is 0.282. The third-order valence-corrected chi connectivity index (χ3v) is 4.78. The molecule has 0 bridgehead atoms. The van der Waals surface area contributed by atoms with Crippen LogP contribution in [-0.2, 0) is 6.61 Å². The quantitative estimate of drug-likeness (QED) is 0.490. The summed E-state index contributed by atoms with van der Waals surface area (Å²) in [6.07, 6.45) is 1.88. The van der Waals surface area contributed by atoms with Gasteiger partial charge in [-0.3, -0.25) is 0 Å². The Balaban J connectivity index is 1.40. The highest BCUT2D eigenvalue weighted by molar-refractivity contribution is 7.20. The molecule has 7 heteroatoms. The van der Waals surface area contributed by atoms with Gasteiger partial charge in [0.1, 0.15) is 12.4 Å². The number of nitrogens with one attached hydrogen (secondary N) is 1. The van der Waals surface area contributed by atoms with Gasteiger partial charge < -0.3 is 15.2 Å². The molecular weight excluding hydrogens is 348 g/mol. The van der Waals surface area contributed by atoms with E-state index in [1.807, 2.05) is 60.8 Å². The maximum absolute atomic E-state index is 9.48. The maximum atomic E-state index is 9.48. The summed E-state index contributed by atoms with van der Waals surface area (Å²) >= 11 is 1.48. The first-order valence-corrected chi connectivity index (χ1v) is 9.12. The molecule has 0 radical (unpaired) electrons. The summed E-state index contributed by atoms with van der Waals surface area (Å²) < 4.78 is 7.41. The molecular formula is C19H18N4O2S. The number of aliphatic hydroxyl groups is 1. The molecule has 0 atom stereocenters. The minimum Gasteiger partial charge on any atom is -0.492 e.